The SMILES string of the molecule is CCC(C)(CCl)NS(=O)(=O)C(C)C. The van der Waals surface area contributed by atoms with Crippen LogP contribution in [0.25, 0.3) is 0 Å². The molecule has 0 fully saturated rings. The summed E-state index contributed by atoms with van der Waals surface area (Å²) >= 11 is 5.69. The number of hydrogen-bond acceptors (Lipinski definition) is 2. The molecule has 1 atom stereocenters. The highest BCUT2D eigenvalue weighted by atomic mass is 35.5. The molecule has 0 aromatic rings. The number of rotatable bonds is 5. The van der Waals surface area contributed by atoms with E-state index in [1.54, 1.807) is 20.8 Å². The third kappa shape index (κ3) is 3.83. The minimum absolute atomic E-state index is 0.287. The first-order valence-electron chi connectivity index (χ1n) is 4.36. The van der Waals surface area contributed by atoms with Gasteiger partial charge in [-0.3, -0.25) is 0 Å². The minimum atomic E-state index is -3.21. The van der Waals surface area contributed by atoms with E-state index in [-0.39, 0.29) is 5.88 Å². The zero-order valence-electron chi connectivity index (χ0n) is 8.59. The van der Waals surface area contributed by atoms with Crippen LogP contribution in [0.3, 0.4) is 0 Å². The van der Waals surface area contributed by atoms with Gasteiger partial charge in [0.05, 0.1) is 5.25 Å². The van der Waals surface area contributed by atoms with Gasteiger partial charge in [-0.25, -0.2) is 13.1 Å². The van der Waals surface area contributed by atoms with Crippen molar-refractivity contribution in [1.29, 1.82) is 0 Å². The number of hydrogen-bond donors (Lipinski definition) is 1. The van der Waals surface area contributed by atoms with Crippen molar-refractivity contribution in [3.63, 3.8) is 0 Å². The molecule has 0 bridgehead atoms. The second-order valence-electron chi connectivity index (χ2n) is 3.74. The van der Waals surface area contributed by atoms with Gasteiger partial charge in [0.1, 0.15) is 0 Å². The molecule has 0 aliphatic heterocycles. The molecular formula is C8H18ClNO2S. The summed E-state index contributed by atoms with van der Waals surface area (Å²) < 4.78 is 25.6. The zero-order chi connectivity index (χ0) is 10.7. The highest BCUT2D eigenvalue weighted by Crippen LogP contribution is 2.14. The summed E-state index contributed by atoms with van der Waals surface area (Å²) in [5.74, 6) is 0.287. The molecule has 0 rings (SSSR count). The van der Waals surface area contributed by atoms with E-state index in [9.17, 15) is 8.42 Å². The van der Waals surface area contributed by atoms with E-state index in [1.165, 1.54) is 0 Å². The summed E-state index contributed by atoms with van der Waals surface area (Å²) in [6, 6.07) is 0. The van der Waals surface area contributed by atoms with Crippen molar-refractivity contribution < 1.29 is 8.42 Å². The lowest BCUT2D eigenvalue weighted by atomic mass is 10.0. The van der Waals surface area contributed by atoms with Crippen molar-refractivity contribution in [2.45, 2.75) is 44.9 Å². The van der Waals surface area contributed by atoms with Crippen LogP contribution < -0.4 is 4.72 Å². The Kier molecular flexibility index (Phi) is 4.69. The molecule has 5 heteroatoms. The van der Waals surface area contributed by atoms with Gasteiger partial charge in [0.2, 0.25) is 10.0 Å². The van der Waals surface area contributed by atoms with Crippen LogP contribution in [0.5, 0.6) is 0 Å². The Hall–Kier alpha value is 0.200. The Labute approximate surface area is 85.9 Å². The molecule has 0 amide bonds. The van der Waals surface area contributed by atoms with Gasteiger partial charge >= 0.3 is 0 Å². The molecule has 1 unspecified atom stereocenters. The second kappa shape index (κ2) is 4.62. The first-order chi connectivity index (χ1) is 5.77. The lowest BCUT2D eigenvalue weighted by Crippen LogP contribution is -2.49. The molecule has 0 radical (unpaired) electrons. The van der Waals surface area contributed by atoms with E-state index >= 15 is 0 Å². The predicted molar refractivity (Wildman–Crippen MR) is 56.6 cm³/mol. The van der Waals surface area contributed by atoms with Crippen molar-refractivity contribution in [1.82, 2.24) is 4.72 Å². The standard InChI is InChI=1S/C8H18ClNO2S/c1-5-8(4,6-9)10-13(11,12)7(2)3/h7,10H,5-6H2,1-4H3. The lowest BCUT2D eigenvalue weighted by Gasteiger charge is -2.27. The van der Waals surface area contributed by atoms with Crippen LogP contribution in [0.1, 0.15) is 34.1 Å². The van der Waals surface area contributed by atoms with Gasteiger partial charge in [0.25, 0.3) is 0 Å². The van der Waals surface area contributed by atoms with Gasteiger partial charge in [-0.2, -0.15) is 0 Å². The summed E-state index contributed by atoms with van der Waals surface area (Å²) in [7, 11) is -3.21. The fraction of sp³-hybridized carbons (Fsp3) is 1.00. The molecule has 0 aromatic carbocycles. The van der Waals surface area contributed by atoms with Crippen molar-refractivity contribution in [2.24, 2.45) is 0 Å². The minimum Gasteiger partial charge on any atom is -0.212 e. The van der Waals surface area contributed by atoms with Crippen molar-refractivity contribution in [2.75, 3.05) is 5.88 Å². The second-order valence-corrected chi connectivity index (χ2v) is 6.25. The van der Waals surface area contributed by atoms with Crippen LogP contribution in [0.4, 0.5) is 0 Å². The molecule has 0 saturated carbocycles. The van der Waals surface area contributed by atoms with E-state index in [0.717, 1.165) is 0 Å². The van der Waals surface area contributed by atoms with Gasteiger partial charge < -0.3 is 0 Å². The van der Waals surface area contributed by atoms with Crippen LogP contribution in [-0.2, 0) is 10.0 Å². The molecule has 0 aliphatic carbocycles. The normalized spacial score (nSPS) is 17.4. The predicted octanol–water partition coefficient (Wildman–Crippen LogP) is 1.72. The number of halogens is 1. The van der Waals surface area contributed by atoms with Gasteiger partial charge in [0.15, 0.2) is 0 Å². The third-order valence-corrected chi connectivity index (χ3v) is 4.69. The van der Waals surface area contributed by atoms with Gasteiger partial charge in [-0.05, 0) is 27.2 Å². The Morgan fingerprint density at radius 2 is 1.92 bits per heavy atom. The van der Waals surface area contributed by atoms with E-state index in [1.807, 2.05) is 6.92 Å². The van der Waals surface area contributed by atoms with Crippen molar-refractivity contribution in [3.8, 4) is 0 Å². The molecule has 13 heavy (non-hydrogen) atoms. The first kappa shape index (κ1) is 13.2. The Balaban J connectivity index is 4.60. The number of sulfonamides is 1. The third-order valence-electron chi connectivity index (χ3n) is 2.08. The maximum atomic E-state index is 11.5. The van der Waals surface area contributed by atoms with E-state index in [0.29, 0.717) is 6.42 Å². The average molecular weight is 228 g/mol. The zero-order valence-corrected chi connectivity index (χ0v) is 10.2. The molecule has 80 valence electrons. The maximum Gasteiger partial charge on any atom is 0.214 e. The monoisotopic (exact) mass is 227 g/mol. The topological polar surface area (TPSA) is 46.2 Å². The summed E-state index contributed by atoms with van der Waals surface area (Å²) in [5, 5.41) is -0.415. The molecule has 1 N–H and O–H groups in total. The largest absolute Gasteiger partial charge is 0.214 e. The fourth-order valence-corrected chi connectivity index (χ4v) is 2.13. The van der Waals surface area contributed by atoms with Crippen LogP contribution in [0.2, 0.25) is 0 Å². The maximum absolute atomic E-state index is 11.5. The van der Waals surface area contributed by atoms with Crippen LogP contribution in [0, 0.1) is 0 Å². The molecule has 3 nitrogen and oxygen atoms in total. The average Bonchev–Trinajstić information content (AvgIpc) is 2.03. The molecule has 0 heterocycles. The van der Waals surface area contributed by atoms with Crippen LogP contribution in [0.15, 0.2) is 0 Å². The van der Waals surface area contributed by atoms with Crippen molar-refractivity contribution in [3.05, 3.63) is 0 Å². The van der Waals surface area contributed by atoms with Crippen LogP contribution in [-0.4, -0.2) is 25.1 Å². The van der Waals surface area contributed by atoms with E-state index in [2.05, 4.69) is 4.72 Å². The Morgan fingerprint density at radius 1 is 1.46 bits per heavy atom. The number of nitrogens with one attached hydrogen (secondary N) is 1. The Morgan fingerprint density at radius 3 is 2.15 bits per heavy atom. The lowest BCUT2D eigenvalue weighted by molar-refractivity contribution is 0.442. The van der Waals surface area contributed by atoms with E-state index in [4.69, 9.17) is 11.6 Å². The van der Waals surface area contributed by atoms with Gasteiger partial charge in [-0.1, -0.05) is 6.92 Å². The smallest absolute Gasteiger partial charge is 0.212 e. The molecule has 0 aromatic heterocycles. The summed E-state index contributed by atoms with van der Waals surface area (Å²) in [6.45, 7) is 7.00. The summed E-state index contributed by atoms with van der Waals surface area (Å²) in [4.78, 5) is 0. The summed E-state index contributed by atoms with van der Waals surface area (Å²) in [6.07, 6.45) is 0.683. The molecular weight excluding hydrogens is 210 g/mol. The summed E-state index contributed by atoms with van der Waals surface area (Å²) in [5.41, 5.74) is -0.523. The number of alkyl halides is 1. The van der Waals surface area contributed by atoms with Gasteiger partial charge in [-0.15, -0.1) is 11.6 Å². The highest BCUT2D eigenvalue weighted by Gasteiger charge is 2.28. The molecule has 0 aliphatic rings. The highest BCUT2D eigenvalue weighted by molar-refractivity contribution is 7.90. The van der Waals surface area contributed by atoms with Crippen molar-refractivity contribution >= 4 is 21.6 Å². The van der Waals surface area contributed by atoms with Gasteiger partial charge in [0, 0.05) is 11.4 Å². The fourth-order valence-electron chi connectivity index (χ4n) is 0.655. The van der Waals surface area contributed by atoms with Crippen LogP contribution >= 0.6 is 11.6 Å². The quantitative estimate of drug-likeness (QED) is 0.727. The molecule has 0 saturated heterocycles. The van der Waals surface area contributed by atoms with E-state index < -0.39 is 20.8 Å². The Bertz CT molecular complexity index is 245. The first-order valence-corrected chi connectivity index (χ1v) is 6.44. The molecule has 0 spiro atoms.